The molecule has 1 aliphatic rings. The molecule has 0 saturated heterocycles. The van der Waals surface area contributed by atoms with Crippen LogP contribution in [0, 0.1) is 17.8 Å². The highest BCUT2D eigenvalue weighted by atomic mass is 16.5. The maximum Gasteiger partial charge on any atom is 0.119 e. The van der Waals surface area contributed by atoms with Crippen molar-refractivity contribution in [3.05, 3.63) is 59.7 Å². The summed E-state index contributed by atoms with van der Waals surface area (Å²) in [5.41, 5.74) is 0.672. The highest BCUT2D eigenvalue weighted by Gasteiger charge is 2.51. The summed E-state index contributed by atoms with van der Waals surface area (Å²) in [6.45, 7) is 2.76. The Hall–Kier alpha value is -2.12. The van der Waals surface area contributed by atoms with E-state index in [0.29, 0.717) is 31.6 Å². The Labute approximate surface area is 210 Å². The third-order valence-electron chi connectivity index (χ3n) is 7.70. The molecule has 0 aromatic heterocycles. The number of nitrogens with zero attached hydrogens (tertiary/aromatic N) is 1. The van der Waals surface area contributed by atoms with Crippen molar-refractivity contribution >= 4 is 0 Å². The van der Waals surface area contributed by atoms with Crippen molar-refractivity contribution in [1.82, 2.24) is 4.90 Å². The molecule has 6 atom stereocenters. The zero-order chi connectivity index (χ0) is 25.6. The Morgan fingerprint density at radius 2 is 1.69 bits per heavy atom. The van der Waals surface area contributed by atoms with E-state index in [1.165, 1.54) is 0 Å². The second kappa shape index (κ2) is 12.2. The van der Waals surface area contributed by atoms with Gasteiger partial charge in [0.1, 0.15) is 11.5 Å². The second-order valence-corrected chi connectivity index (χ2v) is 10.4. The van der Waals surface area contributed by atoms with Gasteiger partial charge in [0.25, 0.3) is 0 Å². The molecular formula is C29H43NO5. The number of hydrogen-bond acceptors (Lipinski definition) is 6. The molecule has 1 saturated carbocycles. The quantitative estimate of drug-likeness (QED) is 0.448. The molecule has 0 heterocycles. The SMILES string of the molecule is COc1cccc(CC(C)C(O)CCC2C(O)CCC(CN(C)C)C2(O)c2cccc(OC)c2)c1. The number of hydrogen-bond donors (Lipinski definition) is 3. The van der Waals surface area contributed by atoms with Crippen molar-refractivity contribution in [1.29, 1.82) is 0 Å². The third-order valence-corrected chi connectivity index (χ3v) is 7.70. The molecule has 2 aromatic rings. The minimum Gasteiger partial charge on any atom is -0.497 e. The molecule has 1 fully saturated rings. The lowest BCUT2D eigenvalue weighted by atomic mass is 9.62. The van der Waals surface area contributed by atoms with Crippen molar-refractivity contribution in [2.45, 2.75) is 56.8 Å². The Kier molecular flexibility index (Phi) is 9.59. The molecule has 1 aliphatic carbocycles. The van der Waals surface area contributed by atoms with Crippen molar-refractivity contribution < 1.29 is 24.8 Å². The van der Waals surface area contributed by atoms with Gasteiger partial charge in [0.05, 0.1) is 32.0 Å². The molecule has 3 N–H and O–H groups in total. The highest BCUT2D eigenvalue weighted by Crippen LogP contribution is 2.48. The summed E-state index contributed by atoms with van der Waals surface area (Å²) in [5.74, 6) is 1.11. The molecule has 6 nitrogen and oxygen atoms in total. The standard InChI is InChI=1S/C29H43NO5/c1-20(16-21-8-6-10-24(17-21)34-4)27(31)15-13-26-28(32)14-12-23(19-30(2)3)29(26,33)22-9-7-11-25(18-22)35-5/h6-11,17-18,20,23,26-28,31-33H,12-16,19H2,1-5H3. The predicted molar refractivity (Wildman–Crippen MR) is 139 cm³/mol. The molecule has 0 bridgehead atoms. The van der Waals surface area contributed by atoms with Crippen molar-refractivity contribution in [3.8, 4) is 11.5 Å². The summed E-state index contributed by atoms with van der Waals surface area (Å²) in [5, 5.41) is 34.4. The van der Waals surface area contributed by atoms with Gasteiger partial charge in [0.15, 0.2) is 0 Å². The van der Waals surface area contributed by atoms with Crippen LogP contribution in [-0.2, 0) is 12.0 Å². The zero-order valence-corrected chi connectivity index (χ0v) is 21.9. The van der Waals surface area contributed by atoms with Crippen LogP contribution in [0.5, 0.6) is 11.5 Å². The van der Waals surface area contributed by atoms with E-state index in [9.17, 15) is 15.3 Å². The molecule has 6 heteroatoms. The molecule has 194 valence electrons. The topological polar surface area (TPSA) is 82.4 Å². The Balaban J connectivity index is 1.79. The van der Waals surface area contributed by atoms with Crippen LogP contribution in [0.1, 0.15) is 43.7 Å². The fraction of sp³-hybridized carbons (Fsp3) is 0.586. The van der Waals surface area contributed by atoms with Gasteiger partial charge in [-0.25, -0.2) is 0 Å². The molecule has 0 spiro atoms. The molecular weight excluding hydrogens is 442 g/mol. The number of aliphatic hydroxyl groups is 3. The van der Waals surface area contributed by atoms with Gasteiger partial charge in [-0.05, 0) is 87.5 Å². The highest BCUT2D eigenvalue weighted by molar-refractivity contribution is 5.34. The average Bonchev–Trinajstić information content (AvgIpc) is 2.85. The van der Waals surface area contributed by atoms with Crippen molar-refractivity contribution in [2.24, 2.45) is 17.8 Å². The number of methoxy groups -OCH3 is 2. The van der Waals surface area contributed by atoms with Crippen LogP contribution in [-0.4, -0.2) is 67.3 Å². The first-order chi connectivity index (χ1) is 16.7. The van der Waals surface area contributed by atoms with E-state index >= 15 is 0 Å². The third kappa shape index (κ3) is 6.56. The maximum absolute atomic E-state index is 12.3. The molecule has 3 rings (SSSR count). The van der Waals surface area contributed by atoms with Gasteiger partial charge in [-0.15, -0.1) is 0 Å². The normalized spacial score (nSPS) is 26.4. The van der Waals surface area contributed by atoms with Crippen LogP contribution in [0.2, 0.25) is 0 Å². The van der Waals surface area contributed by atoms with Gasteiger partial charge in [-0.3, -0.25) is 0 Å². The van der Waals surface area contributed by atoms with Gasteiger partial charge in [-0.2, -0.15) is 0 Å². The number of aliphatic hydroxyl groups excluding tert-OH is 2. The fourth-order valence-corrected chi connectivity index (χ4v) is 5.74. The second-order valence-electron chi connectivity index (χ2n) is 10.4. The molecule has 6 unspecified atom stereocenters. The summed E-state index contributed by atoms with van der Waals surface area (Å²) in [7, 11) is 7.29. The largest absolute Gasteiger partial charge is 0.497 e. The maximum atomic E-state index is 12.3. The van der Waals surface area contributed by atoms with Crippen LogP contribution >= 0.6 is 0 Å². The van der Waals surface area contributed by atoms with E-state index < -0.39 is 17.8 Å². The Bertz CT molecular complexity index is 935. The summed E-state index contributed by atoms with van der Waals surface area (Å²) in [6, 6.07) is 15.5. The van der Waals surface area contributed by atoms with Crippen molar-refractivity contribution in [2.75, 3.05) is 34.9 Å². The molecule has 35 heavy (non-hydrogen) atoms. The summed E-state index contributed by atoms with van der Waals surface area (Å²) >= 11 is 0. The minimum atomic E-state index is -1.22. The fourth-order valence-electron chi connectivity index (χ4n) is 5.74. The lowest BCUT2D eigenvalue weighted by molar-refractivity contribution is -0.156. The number of ether oxygens (including phenoxy) is 2. The van der Waals surface area contributed by atoms with E-state index in [-0.39, 0.29) is 17.8 Å². The van der Waals surface area contributed by atoms with E-state index in [1.807, 2.05) is 69.6 Å². The van der Waals surface area contributed by atoms with Crippen LogP contribution < -0.4 is 9.47 Å². The number of benzene rings is 2. The van der Waals surface area contributed by atoms with E-state index in [2.05, 4.69) is 4.90 Å². The minimum absolute atomic E-state index is 0.0327. The van der Waals surface area contributed by atoms with Crippen molar-refractivity contribution in [3.63, 3.8) is 0 Å². The Morgan fingerprint density at radius 3 is 2.34 bits per heavy atom. The first-order valence-electron chi connectivity index (χ1n) is 12.7. The van der Waals surface area contributed by atoms with E-state index in [0.717, 1.165) is 29.7 Å². The van der Waals surface area contributed by atoms with E-state index in [4.69, 9.17) is 9.47 Å². The predicted octanol–water partition coefficient (Wildman–Crippen LogP) is 3.86. The number of rotatable bonds is 11. The lowest BCUT2D eigenvalue weighted by Crippen LogP contribution is -2.54. The van der Waals surface area contributed by atoms with Crippen LogP contribution in [0.15, 0.2) is 48.5 Å². The van der Waals surface area contributed by atoms with Gasteiger partial charge in [0.2, 0.25) is 0 Å². The summed E-state index contributed by atoms with van der Waals surface area (Å²) < 4.78 is 10.8. The first kappa shape index (κ1) is 27.5. The summed E-state index contributed by atoms with van der Waals surface area (Å²) in [4.78, 5) is 2.09. The van der Waals surface area contributed by atoms with Crippen LogP contribution in [0.4, 0.5) is 0 Å². The molecule has 0 amide bonds. The molecule has 0 radical (unpaired) electrons. The van der Waals surface area contributed by atoms with Gasteiger partial charge in [-0.1, -0.05) is 31.2 Å². The summed E-state index contributed by atoms with van der Waals surface area (Å²) in [6.07, 6.45) is 1.97. The van der Waals surface area contributed by atoms with Gasteiger partial charge in [0, 0.05) is 18.4 Å². The van der Waals surface area contributed by atoms with Gasteiger partial charge >= 0.3 is 0 Å². The lowest BCUT2D eigenvalue weighted by Gasteiger charge is -2.49. The van der Waals surface area contributed by atoms with E-state index in [1.54, 1.807) is 14.2 Å². The molecule has 0 aliphatic heterocycles. The Morgan fingerprint density at radius 1 is 1.03 bits per heavy atom. The van der Waals surface area contributed by atoms with Crippen LogP contribution in [0.25, 0.3) is 0 Å². The molecule has 2 aromatic carbocycles. The smallest absolute Gasteiger partial charge is 0.119 e. The monoisotopic (exact) mass is 485 g/mol. The average molecular weight is 486 g/mol. The first-order valence-corrected chi connectivity index (χ1v) is 12.7. The zero-order valence-electron chi connectivity index (χ0n) is 21.9. The van der Waals surface area contributed by atoms with Crippen LogP contribution in [0.3, 0.4) is 0 Å². The van der Waals surface area contributed by atoms with Gasteiger partial charge < -0.3 is 29.7 Å².